The molecular formula is C16H23ClO. The number of hydrogen-bond donors (Lipinski definition) is 0. The van der Waals surface area contributed by atoms with Gasteiger partial charge in [0.15, 0.2) is 0 Å². The SMILES string of the molecule is CC(C)Oc1ccccc1C1CCCCC(Cl)C1. The number of para-hydroxylation sites is 1. The molecule has 18 heavy (non-hydrogen) atoms. The fourth-order valence-electron chi connectivity index (χ4n) is 2.76. The Bertz CT molecular complexity index is 375. The van der Waals surface area contributed by atoms with Gasteiger partial charge in [0.05, 0.1) is 6.10 Å². The van der Waals surface area contributed by atoms with Crippen molar-refractivity contribution in [2.45, 2.75) is 63.4 Å². The van der Waals surface area contributed by atoms with Crippen LogP contribution >= 0.6 is 11.6 Å². The van der Waals surface area contributed by atoms with Gasteiger partial charge in [-0.05, 0) is 50.7 Å². The molecule has 1 aliphatic rings. The summed E-state index contributed by atoms with van der Waals surface area (Å²) in [5, 5.41) is 0.324. The molecule has 1 aromatic carbocycles. The van der Waals surface area contributed by atoms with E-state index < -0.39 is 0 Å². The van der Waals surface area contributed by atoms with Crippen LogP contribution < -0.4 is 4.74 Å². The summed E-state index contributed by atoms with van der Waals surface area (Å²) in [7, 11) is 0. The van der Waals surface area contributed by atoms with Crippen molar-refractivity contribution in [1.82, 2.24) is 0 Å². The molecule has 1 aromatic rings. The van der Waals surface area contributed by atoms with Crippen molar-refractivity contribution < 1.29 is 4.74 Å². The van der Waals surface area contributed by atoms with Gasteiger partial charge in [0.25, 0.3) is 0 Å². The maximum atomic E-state index is 6.38. The monoisotopic (exact) mass is 266 g/mol. The minimum absolute atomic E-state index is 0.226. The van der Waals surface area contributed by atoms with Crippen LogP contribution in [0.2, 0.25) is 0 Å². The average Bonchev–Trinajstić information content (AvgIpc) is 2.54. The van der Waals surface area contributed by atoms with E-state index >= 15 is 0 Å². The number of ether oxygens (including phenoxy) is 1. The molecule has 2 unspecified atom stereocenters. The summed E-state index contributed by atoms with van der Waals surface area (Å²) >= 11 is 6.38. The molecule has 0 N–H and O–H groups in total. The van der Waals surface area contributed by atoms with Crippen molar-refractivity contribution >= 4 is 11.6 Å². The van der Waals surface area contributed by atoms with E-state index in [0.717, 1.165) is 18.6 Å². The molecule has 0 aliphatic heterocycles. The van der Waals surface area contributed by atoms with Crippen LogP contribution in [0.5, 0.6) is 5.75 Å². The Morgan fingerprint density at radius 3 is 2.67 bits per heavy atom. The van der Waals surface area contributed by atoms with Crippen molar-refractivity contribution in [3.8, 4) is 5.75 Å². The smallest absolute Gasteiger partial charge is 0.123 e. The lowest BCUT2D eigenvalue weighted by molar-refractivity contribution is 0.238. The highest BCUT2D eigenvalue weighted by Crippen LogP contribution is 2.38. The maximum absolute atomic E-state index is 6.38. The number of alkyl halides is 1. The molecule has 1 aliphatic carbocycles. The summed E-state index contributed by atoms with van der Waals surface area (Å²) in [6.07, 6.45) is 6.25. The van der Waals surface area contributed by atoms with Gasteiger partial charge >= 0.3 is 0 Å². The molecule has 0 saturated heterocycles. The maximum Gasteiger partial charge on any atom is 0.123 e. The van der Waals surface area contributed by atoms with Gasteiger partial charge in [-0.2, -0.15) is 0 Å². The molecule has 0 amide bonds. The third-order valence-corrected chi connectivity index (χ3v) is 3.98. The van der Waals surface area contributed by atoms with Crippen molar-refractivity contribution in [3.05, 3.63) is 29.8 Å². The Kier molecular flexibility index (Phi) is 4.94. The van der Waals surface area contributed by atoms with Crippen molar-refractivity contribution in [2.75, 3.05) is 0 Å². The molecule has 0 heterocycles. The zero-order valence-electron chi connectivity index (χ0n) is 11.4. The van der Waals surface area contributed by atoms with Gasteiger partial charge in [0.2, 0.25) is 0 Å². The molecule has 1 nitrogen and oxygen atoms in total. The fraction of sp³-hybridized carbons (Fsp3) is 0.625. The Balaban J connectivity index is 2.20. The Morgan fingerprint density at radius 2 is 1.89 bits per heavy atom. The van der Waals surface area contributed by atoms with E-state index in [0.29, 0.717) is 11.3 Å². The normalized spacial score (nSPS) is 24.9. The molecule has 2 atom stereocenters. The minimum atomic E-state index is 0.226. The molecule has 2 rings (SSSR count). The molecule has 0 aromatic heterocycles. The summed E-state index contributed by atoms with van der Waals surface area (Å²) in [5.74, 6) is 1.60. The predicted octanol–water partition coefficient (Wildman–Crippen LogP) is 5.13. The van der Waals surface area contributed by atoms with Gasteiger partial charge in [-0.1, -0.05) is 31.0 Å². The zero-order chi connectivity index (χ0) is 13.0. The molecule has 0 spiro atoms. The van der Waals surface area contributed by atoms with Crippen LogP contribution in [0.25, 0.3) is 0 Å². The standard InChI is InChI=1S/C16H23ClO/c1-12(2)18-16-10-6-5-9-15(16)13-7-3-4-8-14(17)11-13/h5-6,9-10,12-14H,3-4,7-8,11H2,1-2H3. The lowest BCUT2D eigenvalue weighted by Gasteiger charge is -2.21. The second-order valence-electron chi connectivity index (χ2n) is 5.52. The molecule has 1 saturated carbocycles. The summed E-state index contributed by atoms with van der Waals surface area (Å²) in [6, 6.07) is 8.45. The lowest BCUT2D eigenvalue weighted by Crippen LogP contribution is -2.10. The highest BCUT2D eigenvalue weighted by Gasteiger charge is 2.22. The highest BCUT2D eigenvalue weighted by atomic mass is 35.5. The third-order valence-electron chi connectivity index (χ3n) is 3.58. The number of hydrogen-bond acceptors (Lipinski definition) is 1. The van der Waals surface area contributed by atoms with E-state index in [2.05, 4.69) is 38.1 Å². The minimum Gasteiger partial charge on any atom is -0.491 e. The fourth-order valence-corrected chi connectivity index (χ4v) is 3.13. The van der Waals surface area contributed by atoms with Crippen LogP contribution in [0, 0.1) is 0 Å². The first kappa shape index (κ1) is 13.7. The summed E-state index contributed by atoms with van der Waals surface area (Å²) in [4.78, 5) is 0. The van der Waals surface area contributed by atoms with Gasteiger partial charge < -0.3 is 4.74 Å². The van der Waals surface area contributed by atoms with Crippen LogP contribution in [-0.2, 0) is 0 Å². The van der Waals surface area contributed by atoms with Crippen LogP contribution in [0.4, 0.5) is 0 Å². The van der Waals surface area contributed by atoms with E-state index in [1.165, 1.54) is 24.8 Å². The average molecular weight is 267 g/mol. The van der Waals surface area contributed by atoms with Crippen LogP contribution in [0.15, 0.2) is 24.3 Å². The molecular weight excluding hydrogens is 244 g/mol. The van der Waals surface area contributed by atoms with Gasteiger partial charge in [-0.25, -0.2) is 0 Å². The Morgan fingerprint density at radius 1 is 1.17 bits per heavy atom. The summed E-state index contributed by atoms with van der Waals surface area (Å²) in [6.45, 7) is 4.16. The second-order valence-corrected chi connectivity index (χ2v) is 6.14. The first-order valence-electron chi connectivity index (χ1n) is 7.06. The van der Waals surface area contributed by atoms with Crippen molar-refractivity contribution in [1.29, 1.82) is 0 Å². The van der Waals surface area contributed by atoms with Gasteiger partial charge in [0, 0.05) is 5.38 Å². The lowest BCUT2D eigenvalue weighted by atomic mass is 9.91. The number of rotatable bonds is 3. The van der Waals surface area contributed by atoms with Crippen LogP contribution in [0.1, 0.15) is 57.4 Å². The Labute approximate surface area is 115 Å². The topological polar surface area (TPSA) is 9.23 Å². The molecule has 1 fully saturated rings. The first-order valence-corrected chi connectivity index (χ1v) is 7.50. The zero-order valence-corrected chi connectivity index (χ0v) is 12.1. The van der Waals surface area contributed by atoms with E-state index in [9.17, 15) is 0 Å². The van der Waals surface area contributed by atoms with Gasteiger partial charge in [0.1, 0.15) is 5.75 Å². The van der Waals surface area contributed by atoms with Crippen molar-refractivity contribution in [3.63, 3.8) is 0 Å². The quantitative estimate of drug-likeness (QED) is 0.544. The molecule has 2 heteroatoms. The van der Waals surface area contributed by atoms with Gasteiger partial charge in [-0.3, -0.25) is 0 Å². The van der Waals surface area contributed by atoms with E-state index in [1.807, 2.05) is 0 Å². The summed E-state index contributed by atoms with van der Waals surface area (Å²) in [5.41, 5.74) is 1.35. The third kappa shape index (κ3) is 3.65. The molecule has 0 radical (unpaired) electrons. The van der Waals surface area contributed by atoms with Gasteiger partial charge in [-0.15, -0.1) is 11.6 Å². The summed E-state index contributed by atoms with van der Waals surface area (Å²) < 4.78 is 5.93. The van der Waals surface area contributed by atoms with E-state index in [4.69, 9.17) is 16.3 Å². The van der Waals surface area contributed by atoms with E-state index in [-0.39, 0.29) is 6.10 Å². The molecule has 100 valence electrons. The van der Waals surface area contributed by atoms with Crippen LogP contribution in [0.3, 0.4) is 0 Å². The second kappa shape index (κ2) is 6.47. The van der Waals surface area contributed by atoms with Crippen molar-refractivity contribution in [2.24, 2.45) is 0 Å². The predicted molar refractivity (Wildman–Crippen MR) is 77.7 cm³/mol. The first-order chi connectivity index (χ1) is 8.66. The molecule has 0 bridgehead atoms. The van der Waals surface area contributed by atoms with E-state index in [1.54, 1.807) is 0 Å². The number of halogens is 1. The Hall–Kier alpha value is -0.690. The number of benzene rings is 1. The highest BCUT2D eigenvalue weighted by molar-refractivity contribution is 6.20. The van der Waals surface area contributed by atoms with Crippen LogP contribution in [-0.4, -0.2) is 11.5 Å². The largest absolute Gasteiger partial charge is 0.491 e.